The number of hydrogen-bond acceptors (Lipinski definition) is 7. The van der Waals surface area contributed by atoms with Crippen LogP contribution in [0.1, 0.15) is 30.0 Å². The maximum absolute atomic E-state index is 11.7. The largest absolute Gasteiger partial charge is 0.395 e. The van der Waals surface area contributed by atoms with E-state index in [-0.39, 0.29) is 25.0 Å². The molecule has 2 heterocycles. The summed E-state index contributed by atoms with van der Waals surface area (Å²) in [5.74, 6) is 0.0180. The SMILES string of the molecule is CC(C)Nc1cc(Nc2ccc(C#N)cc2)ncc1-c1cnc(C(N)=O)n1CCO. The summed E-state index contributed by atoms with van der Waals surface area (Å²) in [5.41, 5.74) is 8.93. The summed E-state index contributed by atoms with van der Waals surface area (Å²) in [4.78, 5) is 20.3. The minimum Gasteiger partial charge on any atom is -0.395 e. The van der Waals surface area contributed by atoms with E-state index >= 15 is 0 Å². The molecular weight excluding hydrogens is 382 g/mol. The smallest absolute Gasteiger partial charge is 0.284 e. The van der Waals surface area contributed by atoms with Crippen LogP contribution in [0, 0.1) is 11.3 Å². The van der Waals surface area contributed by atoms with Gasteiger partial charge in [0.25, 0.3) is 5.91 Å². The van der Waals surface area contributed by atoms with Crippen molar-refractivity contribution in [1.82, 2.24) is 14.5 Å². The predicted octanol–water partition coefficient (Wildman–Crippen LogP) is 2.47. The lowest BCUT2D eigenvalue weighted by atomic mass is 10.1. The molecule has 0 bridgehead atoms. The number of carbonyl (C=O) groups is 1. The first-order chi connectivity index (χ1) is 14.4. The number of nitrogens with zero attached hydrogens (tertiary/aromatic N) is 4. The number of aliphatic hydroxyl groups is 1. The molecule has 1 aromatic carbocycles. The zero-order valence-corrected chi connectivity index (χ0v) is 16.8. The lowest BCUT2D eigenvalue weighted by Gasteiger charge is -2.18. The maximum atomic E-state index is 11.7. The molecule has 30 heavy (non-hydrogen) atoms. The van der Waals surface area contributed by atoms with Gasteiger partial charge in [0, 0.05) is 41.8 Å². The van der Waals surface area contributed by atoms with E-state index < -0.39 is 5.91 Å². The number of nitrogens with two attached hydrogens (primary N) is 1. The summed E-state index contributed by atoms with van der Waals surface area (Å²) in [7, 11) is 0. The first-order valence-electron chi connectivity index (χ1n) is 9.43. The molecule has 0 aliphatic carbocycles. The highest BCUT2D eigenvalue weighted by atomic mass is 16.3. The van der Waals surface area contributed by atoms with E-state index in [9.17, 15) is 9.90 Å². The lowest BCUT2D eigenvalue weighted by molar-refractivity contribution is 0.0985. The zero-order chi connectivity index (χ0) is 21.7. The standard InChI is InChI=1S/C21H23N7O2/c1-13(2)26-17-9-19(27-15-5-3-14(10-22)4-6-15)24-11-16(17)18-12-25-21(20(23)30)28(18)7-8-29/h3-6,9,11-13,29H,7-8H2,1-2H3,(H2,23,30)(H2,24,26,27). The van der Waals surface area contributed by atoms with Gasteiger partial charge in [0.05, 0.1) is 30.1 Å². The van der Waals surface area contributed by atoms with E-state index in [1.54, 1.807) is 41.2 Å². The van der Waals surface area contributed by atoms with Crippen molar-refractivity contribution in [2.24, 2.45) is 5.73 Å². The number of primary amides is 1. The number of anilines is 3. The fourth-order valence-corrected chi connectivity index (χ4v) is 3.05. The first kappa shape index (κ1) is 20.8. The van der Waals surface area contributed by atoms with E-state index in [0.717, 1.165) is 16.9 Å². The van der Waals surface area contributed by atoms with Crippen molar-refractivity contribution in [1.29, 1.82) is 5.26 Å². The average molecular weight is 405 g/mol. The van der Waals surface area contributed by atoms with Crippen molar-refractivity contribution >= 4 is 23.1 Å². The third kappa shape index (κ3) is 4.56. The summed E-state index contributed by atoms with van der Waals surface area (Å²) in [6.07, 6.45) is 3.22. The van der Waals surface area contributed by atoms with Crippen molar-refractivity contribution in [3.8, 4) is 17.3 Å². The number of carbonyl (C=O) groups excluding carboxylic acids is 1. The van der Waals surface area contributed by atoms with E-state index in [1.165, 1.54) is 0 Å². The molecule has 0 aliphatic rings. The number of rotatable bonds is 8. The molecule has 3 aromatic rings. The van der Waals surface area contributed by atoms with Gasteiger partial charge in [-0.2, -0.15) is 5.26 Å². The van der Waals surface area contributed by atoms with Gasteiger partial charge in [-0.05, 0) is 38.1 Å². The van der Waals surface area contributed by atoms with Crippen LogP contribution in [-0.2, 0) is 6.54 Å². The maximum Gasteiger partial charge on any atom is 0.284 e. The number of aliphatic hydroxyl groups excluding tert-OH is 1. The Balaban J connectivity index is 2.01. The van der Waals surface area contributed by atoms with Gasteiger partial charge in [-0.25, -0.2) is 9.97 Å². The highest BCUT2D eigenvalue weighted by Crippen LogP contribution is 2.31. The molecule has 0 atom stereocenters. The Bertz CT molecular complexity index is 1080. The molecule has 0 spiro atoms. The van der Waals surface area contributed by atoms with Crippen LogP contribution in [-0.4, -0.2) is 38.2 Å². The van der Waals surface area contributed by atoms with Crippen LogP contribution in [0.3, 0.4) is 0 Å². The molecule has 2 aromatic heterocycles. The zero-order valence-electron chi connectivity index (χ0n) is 16.8. The Labute approximate surface area is 174 Å². The Morgan fingerprint density at radius 2 is 2.00 bits per heavy atom. The second-order valence-corrected chi connectivity index (χ2v) is 6.93. The number of imidazole rings is 1. The second-order valence-electron chi connectivity index (χ2n) is 6.93. The summed E-state index contributed by atoms with van der Waals surface area (Å²) in [5, 5.41) is 24.9. The molecule has 9 nitrogen and oxygen atoms in total. The Morgan fingerprint density at radius 3 is 2.60 bits per heavy atom. The molecule has 0 fully saturated rings. The van der Waals surface area contributed by atoms with Gasteiger partial charge < -0.3 is 26.0 Å². The minimum absolute atomic E-state index is 0.0781. The van der Waals surface area contributed by atoms with Gasteiger partial charge in [-0.15, -0.1) is 0 Å². The topological polar surface area (TPSA) is 142 Å². The first-order valence-corrected chi connectivity index (χ1v) is 9.43. The average Bonchev–Trinajstić information content (AvgIpc) is 3.12. The van der Waals surface area contributed by atoms with Crippen molar-refractivity contribution < 1.29 is 9.90 Å². The number of benzene rings is 1. The number of hydrogen-bond donors (Lipinski definition) is 4. The quantitative estimate of drug-likeness (QED) is 0.451. The molecular formula is C21H23N7O2. The van der Waals surface area contributed by atoms with E-state index in [0.29, 0.717) is 17.1 Å². The van der Waals surface area contributed by atoms with Gasteiger partial charge in [0.1, 0.15) is 5.82 Å². The van der Waals surface area contributed by atoms with Crippen LogP contribution in [0.4, 0.5) is 17.2 Å². The number of amides is 1. The third-order valence-electron chi connectivity index (χ3n) is 4.31. The minimum atomic E-state index is -0.667. The summed E-state index contributed by atoms with van der Waals surface area (Å²) in [6.45, 7) is 4.04. The molecule has 0 radical (unpaired) electrons. The molecule has 3 rings (SSSR count). The number of nitriles is 1. The van der Waals surface area contributed by atoms with Crippen LogP contribution in [0.25, 0.3) is 11.3 Å². The van der Waals surface area contributed by atoms with Gasteiger partial charge in [0.15, 0.2) is 5.82 Å². The van der Waals surface area contributed by atoms with Crippen LogP contribution in [0.5, 0.6) is 0 Å². The Kier molecular flexibility index (Phi) is 6.29. The Hall–Kier alpha value is -3.90. The lowest BCUT2D eigenvalue weighted by Crippen LogP contribution is -2.20. The summed E-state index contributed by atoms with van der Waals surface area (Å²) in [6, 6.07) is 11.1. The van der Waals surface area contributed by atoms with Gasteiger partial charge >= 0.3 is 0 Å². The predicted molar refractivity (Wildman–Crippen MR) is 114 cm³/mol. The molecule has 5 N–H and O–H groups in total. The number of aromatic nitrogens is 3. The summed E-state index contributed by atoms with van der Waals surface area (Å²) < 4.78 is 1.58. The van der Waals surface area contributed by atoms with Crippen molar-refractivity contribution in [2.75, 3.05) is 17.2 Å². The molecule has 154 valence electrons. The molecule has 1 amide bonds. The normalized spacial score (nSPS) is 10.6. The van der Waals surface area contributed by atoms with E-state index in [1.807, 2.05) is 19.9 Å². The summed E-state index contributed by atoms with van der Waals surface area (Å²) >= 11 is 0. The van der Waals surface area contributed by atoms with E-state index in [2.05, 4.69) is 26.7 Å². The highest BCUT2D eigenvalue weighted by Gasteiger charge is 2.19. The molecule has 0 saturated heterocycles. The molecule has 0 aliphatic heterocycles. The fourth-order valence-electron chi connectivity index (χ4n) is 3.05. The molecule has 9 heteroatoms. The second kappa shape index (κ2) is 9.07. The molecule has 0 unspecified atom stereocenters. The van der Waals surface area contributed by atoms with Gasteiger partial charge in [-0.1, -0.05) is 0 Å². The van der Waals surface area contributed by atoms with Gasteiger partial charge in [-0.3, -0.25) is 4.79 Å². The third-order valence-corrected chi connectivity index (χ3v) is 4.31. The Morgan fingerprint density at radius 1 is 1.27 bits per heavy atom. The highest BCUT2D eigenvalue weighted by molar-refractivity contribution is 5.91. The monoisotopic (exact) mass is 405 g/mol. The van der Waals surface area contributed by atoms with Gasteiger partial charge in [0.2, 0.25) is 0 Å². The van der Waals surface area contributed by atoms with Crippen LogP contribution in [0.15, 0.2) is 42.7 Å². The van der Waals surface area contributed by atoms with Crippen LogP contribution in [0.2, 0.25) is 0 Å². The van der Waals surface area contributed by atoms with Crippen molar-refractivity contribution in [2.45, 2.75) is 26.4 Å². The van der Waals surface area contributed by atoms with Crippen molar-refractivity contribution in [3.63, 3.8) is 0 Å². The van der Waals surface area contributed by atoms with Crippen LogP contribution < -0.4 is 16.4 Å². The van der Waals surface area contributed by atoms with E-state index in [4.69, 9.17) is 11.0 Å². The fraction of sp³-hybridized carbons (Fsp3) is 0.238. The number of nitrogens with one attached hydrogen (secondary N) is 2. The van der Waals surface area contributed by atoms with Crippen molar-refractivity contribution in [3.05, 3.63) is 54.1 Å². The molecule has 0 saturated carbocycles. The van der Waals surface area contributed by atoms with Crippen LogP contribution >= 0.6 is 0 Å². The number of pyridine rings is 1.